The molecule has 0 heterocycles. The second-order valence-electron chi connectivity index (χ2n) is 5.50. The summed E-state index contributed by atoms with van der Waals surface area (Å²) < 4.78 is 37.6. The van der Waals surface area contributed by atoms with E-state index in [1.165, 1.54) is 0 Å². The summed E-state index contributed by atoms with van der Waals surface area (Å²) in [4.78, 5) is 0. The van der Waals surface area contributed by atoms with Crippen molar-refractivity contribution in [3.63, 3.8) is 0 Å². The molecule has 0 bridgehead atoms. The lowest BCUT2D eigenvalue weighted by Crippen LogP contribution is -2.40. The van der Waals surface area contributed by atoms with Gasteiger partial charge in [0.15, 0.2) is 0 Å². The Hall–Kier alpha value is -0.250. The van der Waals surface area contributed by atoms with Crippen LogP contribution in [0.2, 0.25) is 0 Å². The van der Waals surface area contributed by atoms with Gasteiger partial charge in [0.25, 0.3) is 0 Å². The highest BCUT2D eigenvalue weighted by Gasteiger charge is 2.42. The average molecular weight is 251 g/mol. The molecule has 17 heavy (non-hydrogen) atoms. The fourth-order valence-electron chi connectivity index (χ4n) is 2.94. The molecule has 0 aromatic carbocycles. The predicted octanol–water partition coefficient (Wildman–Crippen LogP) is 4.12. The van der Waals surface area contributed by atoms with E-state index in [0.717, 1.165) is 12.8 Å². The van der Waals surface area contributed by atoms with Gasteiger partial charge in [-0.05, 0) is 43.9 Å². The molecule has 1 aliphatic rings. The Bertz CT molecular complexity index is 219. The lowest BCUT2D eigenvalue weighted by molar-refractivity contribution is -0.184. The molecule has 1 nitrogen and oxygen atoms in total. The van der Waals surface area contributed by atoms with Gasteiger partial charge in [-0.25, -0.2) is 0 Å². The summed E-state index contributed by atoms with van der Waals surface area (Å²) in [6.45, 7) is 4.23. The number of hydrogen-bond donors (Lipinski definition) is 1. The normalized spacial score (nSPS) is 30.0. The van der Waals surface area contributed by atoms with Gasteiger partial charge < -0.3 is 5.73 Å². The Morgan fingerprint density at radius 1 is 1.18 bits per heavy atom. The second kappa shape index (κ2) is 6.07. The minimum absolute atomic E-state index is 0.0733. The maximum Gasteiger partial charge on any atom is 0.391 e. The molecule has 0 spiro atoms. The fourth-order valence-corrected chi connectivity index (χ4v) is 2.94. The lowest BCUT2D eigenvalue weighted by Gasteiger charge is -2.35. The van der Waals surface area contributed by atoms with Crippen LogP contribution < -0.4 is 5.73 Å². The lowest BCUT2D eigenvalue weighted by atomic mass is 9.75. The third-order valence-electron chi connectivity index (χ3n) is 4.18. The number of nitrogens with two attached hydrogens (primary N) is 1. The summed E-state index contributed by atoms with van der Waals surface area (Å²) in [5.41, 5.74) is 6.15. The van der Waals surface area contributed by atoms with E-state index in [4.69, 9.17) is 5.73 Å². The van der Waals surface area contributed by atoms with Crippen molar-refractivity contribution in [2.24, 2.45) is 23.5 Å². The van der Waals surface area contributed by atoms with Crippen molar-refractivity contribution < 1.29 is 13.2 Å². The number of hydrogen-bond acceptors (Lipinski definition) is 1. The van der Waals surface area contributed by atoms with E-state index >= 15 is 0 Å². The zero-order chi connectivity index (χ0) is 13.1. The topological polar surface area (TPSA) is 26.0 Å². The quantitative estimate of drug-likeness (QED) is 0.799. The first-order valence-electron chi connectivity index (χ1n) is 6.68. The highest BCUT2D eigenvalue weighted by molar-refractivity contribution is 4.84. The highest BCUT2D eigenvalue weighted by atomic mass is 19.4. The van der Waals surface area contributed by atoms with Crippen LogP contribution in [0.1, 0.15) is 52.4 Å². The zero-order valence-electron chi connectivity index (χ0n) is 10.8. The van der Waals surface area contributed by atoms with Crippen molar-refractivity contribution in [1.29, 1.82) is 0 Å². The molecule has 0 radical (unpaired) electrons. The molecular weight excluding hydrogens is 227 g/mol. The Balaban J connectivity index is 2.41. The minimum Gasteiger partial charge on any atom is -0.327 e. The molecule has 2 unspecified atom stereocenters. The summed E-state index contributed by atoms with van der Waals surface area (Å²) in [5.74, 6) is -0.380. The molecule has 1 fully saturated rings. The fraction of sp³-hybridized carbons (Fsp3) is 1.00. The van der Waals surface area contributed by atoms with Gasteiger partial charge in [0.1, 0.15) is 0 Å². The molecule has 0 aliphatic heterocycles. The van der Waals surface area contributed by atoms with E-state index in [1.54, 1.807) is 0 Å². The molecule has 1 rings (SSSR count). The van der Waals surface area contributed by atoms with Gasteiger partial charge in [0.2, 0.25) is 0 Å². The Kier molecular flexibility index (Phi) is 5.29. The third kappa shape index (κ3) is 4.16. The van der Waals surface area contributed by atoms with Crippen molar-refractivity contribution in [3.8, 4) is 0 Å². The first-order chi connectivity index (χ1) is 7.86. The van der Waals surface area contributed by atoms with Gasteiger partial charge in [0.05, 0.1) is 5.92 Å². The van der Waals surface area contributed by atoms with E-state index in [0.29, 0.717) is 18.8 Å². The molecule has 2 N–H and O–H groups in total. The highest BCUT2D eigenvalue weighted by Crippen LogP contribution is 2.41. The average Bonchev–Trinajstić information content (AvgIpc) is 2.27. The largest absolute Gasteiger partial charge is 0.391 e. The van der Waals surface area contributed by atoms with Crippen LogP contribution >= 0.6 is 0 Å². The van der Waals surface area contributed by atoms with E-state index in [9.17, 15) is 13.2 Å². The van der Waals surface area contributed by atoms with E-state index in [1.807, 2.05) is 0 Å². The van der Waals surface area contributed by atoms with Crippen LogP contribution in [0, 0.1) is 17.8 Å². The number of alkyl halides is 3. The summed E-state index contributed by atoms with van der Waals surface area (Å²) in [7, 11) is 0. The maximum absolute atomic E-state index is 12.5. The Morgan fingerprint density at radius 2 is 1.71 bits per heavy atom. The van der Waals surface area contributed by atoms with Crippen LogP contribution in [0.3, 0.4) is 0 Å². The minimum atomic E-state index is -4.01. The van der Waals surface area contributed by atoms with Crippen LogP contribution in [0.4, 0.5) is 13.2 Å². The third-order valence-corrected chi connectivity index (χ3v) is 4.18. The van der Waals surface area contributed by atoms with Gasteiger partial charge in [-0.15, -0.1) is 0 Å². The van der Waals surface area contributed by atoms with Crippen molar-refractivity contribution in [2.75, 3.05) is 0 Å². The Morgan fingerprint density at radius 3 is 2.12 bits per heavy atom. The van der Waals surface area contributed by atoms with Crippen LogP contribution in [-0.2, 0) is 0 Å². The van der Waals surface area contributed by atoms with Crippen molar-refractivity contribution in [1.82, 2.24) is 0 Å². The van der Waals surface area contributed by atoms with Crippen molar-refractivity contribution >= 4 is 0 Å². The van der Waals surface area contributed by atoms with Crippen LogP contribution in [0.15, 0.2) is 0 Å². The maximum atomic E-state index is 12.5. The van der Waals surface area contributed by atoms with Crippen LogP contribution in [-0.4, -0.2) is 12.2 Å². The molecule has 2 atom stereocenters. The molecule has 4 heteroatoms. The van der Waals surface area contributed by atoms with E-state index < -0.39 is 12.1 Å². The molecule has 0 aromatic rings. The molecule has 1 saturated carbocycles. The van der Waals surface area contributed by atoms with Crippen molar-refractivity contribution in [3.05, 3.63) is 0 Å². The summed E-state index contributed by atoms with van der Waals surface area (Å²) in [6.07, 6.45) is -0.0442. The smallest absolute Gasteiger partial charge is 0.327 e. The SMILES string of the molecule is CCCC(C)C(N)C1CCC(C(F)(F)F)CC1. The van der Waals surface area contributed by atoms with Crippen molar-refractivity contribution in [2.45, 2.75) is 64.6 Å². The first kappa shape index (κ1) is 14.8. The molecule has 0 amide bonds. The molecular formula is C13H24F3N. The van der Waals surface area contributed by atoms with Gasteiger partial charge >= 0.3 is 6.18 Å². The summed E-state index contributed by atoms with van der Waals surface area (Å²) >= 11 is 0. The van der Waals surface area contributed by atoms with E-state index in [2.05, 4.69) is 13.8 Å². The number of halogens is 3. The summed E-state index contributed by atoms with van der Waals surface area (Å²) in [5, 5.41) is 0. The van der Waals surface area contributed by atoms with Gasteiger partial charge in [-0.3, -0.25) is 0 Å². The monoisotopic (exact) mass is 251 g/mol. The number of rotatable bonds is 4. The van der Waals surface area contributed by atoms with Crippen LogP contribution in [0.5, 0.6) is 0 Å². The van der Waals surface area contributed by atoms with Gasteiger partial charge in [0, 0.05) is 6.04 Å². The molecule has 0 saturated heterocycles. The standard InChI is InChI=1S/C13H24F3N/c1-3-4-9(2)12(17)10-5-7-11(8-6-10)13(14,15)16/h9-12H,3-8,17H2,1-2H3. The summed E-state index contributed by atoms with van der Waals surface area (Å²) in [6, 6.07) is 0.0733. The van der Waals surface area contributed by atoms with Gasteiger partial charge in [-0.1, -0.05) is 20.3 Å². The second-order valence-corrected chi connectivity index (χ2v) is 5.50. The Labute approximate surface area is 102 Å². The molecule has 1 aliphatic carbocycles. The first-order valence-corrected chi connectivity index (χ1v) is 6.68. The van der Waals surface area contributed by atoms with E-state index in [-0.39, 0.29) is 24.8 Å². The van der Waals surface area contributed by atoms with Crippen LogP contribution in [0.25, 0.3) is 0 Å². The molecule has 0 aromatic heterocycles. The zero-order valence-corrected chi connectivity index (χ0v) is 10.8. The predicted molar refractivity (Wildman–Crippen MR) is 63.6 cm³/mol. The van der Waals surface area contributed by atoms with Gasteiger partial charge in [-0.2, -0.15) is 13.2 Å². The molecule has 102 valence electrons.